The molecular weight excluding hydrogens is 303 g/mol. The highest BCUT2D eigenvalue weighted by atomic mass is 79.9. The summed E-state index contributed by atoms with van der Waals surface area (Å²) in [7, 11) is 0. The highest BCUT2D eigenvalue weighted by Gasteiger charge is 2.37. The molecule has 0 heterocycles. The Bertz CT molecular complexity index is 471. The second-order valence-corrected chi connectivity index (χ2v) is 5.62. The van der Waals surface area contributed by atoms with Crippen LogP contribution in [0.5, 0.6) is 5.75 Å². The first-order valence-electron chi connectivity index (χ1n) is 5.81. The maximum atomic E-state index is 13.7. The molecule has 2 N–H and O–H groups in total. The van der Waals surface area contributed by atoms with E-state index in [1.165, 1.54) is 6.07 Å². The molecule has 0 bridgehead atoms. The fourth-order valence-corrected chi connectivity index (χ4v) is 2.78. The fourth-order valence-electron chi connectivity index (χ4n) is 2.37. The molecule has 1 aromatic carbocycles. The van der Waals surface area contributed by atoms with E-state index in [1.54, 1.807) is 6.92 Å². The zero-order chi connectivity index (χ0) is 13.4. The van der Waals surface area contributed by atoms with Gasteiger partial charge in [0.25, 0.3) is 0 Å². The van der Waals surface area contributed by atoms with E-state index in [1.807, 2.05) is 0 Å². The first-order chi connectivity index (χ1) is 8.41. The van der Waals surface area contributed by atoms with Gasteiger partial charge in [0, 0.05) is 11.5 Å². The molecule has 1 saturated carbocycles. The largest absolute Gasteiger partial charge is 0.506 e. The van der Waals surface area contributed by atoms with E-state index in [0.717, 1.165) is 12.8 Å². The average Bonchev–Trinajstić information content (AvgIpc) is 3.08. The molecule has 1 unspecified atom stereocenters. The van der Waals surface area contributed by atoms with Crippen molar-refractivity contribution in [2.45, 2.75) is 32.1 Å². The number of carboxylic acids is 1. The topological polar surface area (TPSA) is 57.5 Å². The number of hydrogen-bond acceptors (Lipinski definition) is 2. The van der Waals surface area contributed by atoms with E-state index in [9.17, 15) is 14.3 Å². The Balaban J connectivity index is 2.49. The predicted octanol–water partition coefficient (Wildman–Crippen LogP) is 3.57. The molecule has 0 saturated heterocycles. The highest BCUT2D eigenvalue weighted by Crippen LogP contribution is 2.49. The standard InChI is InChI=1S/C13H14BrFO3/c1-6-10(15)5-9(14)13(18)12(6)8(4-11(16)17)7-2-3-7/h5,7-8,18H,2-4H2,1H3,(H,16,17). The number of hydrogen-bond donors (Lipinski definition) is 2. The Kier molecular flexibility index (Phi) is 3.61. The Labute approximate surface area is 113 Å². The molecule has 2 rings (SSSR count). The molecule has 1 aliphatic rings. The van der Waals surface area contributed by atoms with Gasteiger partial charge in [-0.3, -0.25) is 4.79 Å². The van der Waals surface area contributed by atoms with Crippen LogP contribution in [0.4, 0.5) is 4.39 Å². The number of rotatable bonds is 4. The van der Waals surface area contributed by atoms with Crippen LogP contribution in [-0.4, -0.2) is 16.2 Å². The van der Waals surface area contributed by atoms with Crippen molar-refractivity contribution >= 4 is 21.9 Å². The zero-order valence-electron chi connectivity index (χ0n) is 9.91. The maximum absolute atomic E-state index is 13.7. The lowest BCUT2D eigenvalue weighted by atomic mass is 9.87. The van der Waals surface area contributed by atoms with Gasteiger partial charge in [0.05, 0.1) is 10.9 Å². The van der Waals surface area contributed by atoms with E-state index in [2.05, 4.69) is 15.9 Å². The van der Waals surface area contributed by atoms with Gasteiger partial charge in [0.2, 0.25) is 0 Å². The SMILES string of the molecule is Cc1c(F)cc(Br)c(O)c1C(CC(=O)O)C1CC1. The molecular formula is C13H14BrFO3. The normalized spacial score (nSPS) is 16.6. The minimum atomic E-state index is -0.925. The molecule has 1 atom stereocenters. The second kappa shape index (κ2) is 4.88. The highest BCUT2D eigenvalue weighted by molar-refractivity contribution is 9.10. The van der Waals surface area contributed by atoms with Gasteiger partial charge in [-0.15, -0.1) is 0 Å². The molecule has 98 valence electrons. The van der Waals surface area contributed by atoms with E-state index >= 15 is 0 Å². The third-order valence-corrected chi connectivity index (χ3v) is 4.06. The number of aliphatic carboxylic acids is 1. The van der Waals surface area contributed by atoms with Crippen molar-refractivity contribution in [1.82, 2.24) is 0 Å². The van der Waals surface area contributed by atoms with Crippen molar-refractivity contribution in [2.24, 2.45) is 5.92 Å². The van der Waals surface area contributed by atoms with Crippen LogP contribution < -0.4 is 0 Å². The molecule has 1 aliphatic carbocycles. The number of carboxylic acid groups (broad SMARTS) is 1. The molecule has 0 spiro atoms. The summed E-state index contributed by atoms with van der Waals surface area (Å²) in [5.74, 6) is -1.46. The summed E-state index contributed by atoms with van der Waals surface area (Å²) in [6.45, 7) is 1.58. The third kappa shape index (κ3) is 2.51. The first-order valence-corrected chi connectivity index (χ1v) is 6.60. The summed E-state index contributed by atoms with van der Waals surface area (Å²) in [5, 5.41) is 19.0. The van der Waals surface area contributed by atoms with Crippen LogP contribution >= 0.6 is 15.9 Å². The van der Waals surface area contributed by atoms with Gasteiger partial charge in [-0.2, -0.15) is 0 Å². The number of halogens is 2. The number of benzene rings is 1. The number of phenols is 1. The summed E-state index contributed by atoms with van der Waals surface area (Å²) in [5.41, 5.74) is 0.778. The Morgan fingerprint density at radius 3 is 2.72 bits per heavy atom. The van der Waals surface area contributed by atoms with E-state index in [-0.39, 0.29) is 28.5 Å². The number of aromatic hydroxyl groups is 1. The van der Waals surface area contributed by atoms with Crippen LogP contribution in [0.2, 0.25) is 0 Å². The summed E-state index contributed by atoms with van der Waals surface area (Å²) in [4.78, 5) is 10.9. The first kappa shape index (κ1) is 13.3. The van der Waals surface area contributed by atoms with Gasteiger partial charge in [0.1, 0.15) is 11.6 Å². The third-order valence-electron chi connectivity index (χ3n) is 3.45. The lowest BCUT2D eigenvalue weighted by molar-refractivity contribution is -0.137. The molecule has 1 aromatic rings. The summed E-state index contributed by atoms with van der Waals surface area (Å²) < 4.78 is 14.0. The Morgan fingerprint density at radius 2 is 2.22 bits per heavy atom. The van der Waals surface area contributed by atoms with E-state index in [4.69, 9.17) is 5.11 Å². The average molecular weight is 317 g/mol. The van der Waals surface area contributed by atoms with E-state index < -0.39 is 11.8 Å². The van der Waals surface area contributed by atoms with Crippen LogP contribution in [0.25, 0.3) is 0 Å². The molecule has 0 radical (unpaired) electrons. The van der Waals surface area contributed by atoms with Crippen LogP contribution in [-0.2, 0) is 4.79 Å². The Hall–Kier alpha value is -1.10. The predicted molar refractivity (Wildman–Crippen MR) is 68.2 cm³/mol. The van der Waals surface area contributed by atoms with Crippen molar-refractivity contribution in [3.05, 3.63) is 27.5 Å². The zero-order valence-corrected chi connectivity index (χ0v) is 11.5. The quantitative estimate of drug-likeness (QED) is 0.892. The van der Waals surface area contributed by atoms with Crippen molar-refractivity contribution in [3.63, 3.8) is 0 Å². The van der Waals surface area contributed by atoms with Gasteiger partial charge < -0.3 is 10.2 Å². The Morgan fingerprint density at radius 1 is 1.61 bits per heavy atom. The minimum absolute atomic E-state index is 0.0351. The number of carbonyl (C=O) groups is 1. The maximum Gasteiger partial charge on any atom is 0.303 e. The summed E-state index contributed by atoms with van der Waals surface area (Å²) in [6.07, 6.45) is 1.80. The molecule has 3 nitrogen and oxygen atoms in total. The molecule has 0 aromatic heterocycles. The number of phenolic OH excluding ortho intramolecular Hbond substituents is 1. The van der Waals surface area contributed by atoms with Gasteiger partial charge in [-0.1, -0.05) is 0 Å². The lowest BCUT2D eigenvalue weighted by Gasteiger charge is -2.20. The molecule has 0 amide bonds. The van der Waals surface area contributed by atoms with Crippen LogP contribution in [0, 0.1) is 18.7 Å². The summed E-state index contributed by atoms with van der Waals surface area (Å²) >= 11 is 3.10. The van der Waals surface area contributed by atoms with Crippen LogP contribution in [0.1, 0.15) is 36.3 Å². The van der Waals surface area contributed by atoms with Crippen LogP contribution in [0.3, 0.4) is 0 Å². The fraction of sp³-hybridized carbons (Fsp3) is 0.462. The molecule has 0 aliphatic heterocycles. The molecule has 1 fully saturated rings. The second-order valence-electron chi connectivity index (χ2n) is 4.77. The van der Waals surface area contributed by atoms with Crippen LogP contribution in [0.15, 0.2) is 10.5 Å². The van der Waals surface area contributed by atoms with Crippen molar-refractivity contribution in [1.29, 1.82) is 0 Å². The minimum Gasteiger partial charge on any atom is -0.506 e. The van der Waals surface area contributed by atoms with Gasteiger partial charge in [0.15, 0.2) is 0 Å². The molecule has 18 heavy (non-hydrogen) atoms. The van der Waals surface area contributed by atoms with Gasteiger partial charge >= 0.3 is 5.97 Å². The lowest BCUT2D eigenvalue weighted by Crippen LogP contribution is -2.11. The van der Waals surface area contributed by atoms with Crippen molar-refractivity contribution in [3.8, 4) is 5.75 Å². The molecule has 5 heteroatoms. The van der Waals surface area contributed by atoms with Crippen molar-refractivity contribution < 1.29 is 19.4 Å². The van der Waals surface area contributed by atoms with Gasteiger partial charge in [-0.05, 0) is 53.2 Å². The van der Waals surface area contributed by atoms with Gasteiger partial charge in [-0.25, -0.2) is 4.39 Å². The van der Waals surface area contributed by atoms with E-state index in [0.29, 0.717) is 11.1 Å². The van der Waals surface area contributed by atoms with Crippen molar-refractivity contribution in [2.75, 3.05) is 0 Å². The monoisotopic (exact) mass is 316 g/mol. The smallest absolute Gasteiger partial charge is 0.303 e. The summed E-state index contributed by atoms with van der Waals surface area (Å²) in [6, 6.07) is 1.21.